The average molecular weight is 1070 g/mol. The first-order chi connectivity index (χ1) is 40.2. The highest BCUT2D eigenvalue weighted by Gasteiger charge is 2.39. The highest BCUT2D eigenvalue weighted by molar-refractivity contribution is 5.90. The van der Waals surface area contributed by atoms with Crippen molar-refractivity contribution in [3.63, 3.8) is 0 Å². The lowest BCUT2D eigenvalue weighted by atomic mass is 9.81. The van der Waals surface area contributed by atoms with Gasteiger partial charge in [-0.1, -0.05) is 175 Å². The highest BCUT2D eigenvalue weighted by Crippen LogP contribution is 2.54. The Balaban J connectivity index is 0.728. The molecule has 0 saturated heterocycles. The second-order valence-corrected chi connectivity index (χ2v) is 23.5. The molecule has 0 unspecified atom stereocenters. The van der Waals surface area contributed by atoms with E-state index in [1.165, 1.54) is 77.9 Å². The van der Waals surface area contributed by atoms with Crippen molar-refractivity contribution in [2.45, 2.75) is 57.8 Å². The molecule has 83 heavy (non-hydrogen) atoms. The summed E-state index contributed by atoms with van der Waals surface area (Å²) in [4.78, 5) is 11.6. The Bertz CT molecular complexity index is 4140. The van der Waals surface area contributed by atoms with Crippen LogP contribution in [0.1, 0.15) is 108 Å². The summed E-state index contributed by atoms with van der Waals surface area (Å²) in [6.07, 6.45) is 8.98. The Hall–Kier alpha value is -10.8. The van der Waals surface area contributed by atoms with Gasteiger partial charge in [-0.25, -0.2) is 9.69 Å². The van der Waals surface area contributed by atoms with E-state index in [-0.39, 0.29) is 16.2 Å². The molecule has 3 aliphatic rings. The van der Waals surface area contributed by atoms with Crippen molar-refractivity contribution in [3.8, 4) is 45.5 Å². The number of nitriles is 2. The molecule has 0 fully saturated rings. The minimum Gasteiger partial charge on any atom is -0.311 e. The molecule has 0 heterocycles. The van der Waals surface area contributed by atoms with Gasteiger partial charge < -0.3 is 9.80 Å². The van der Waals surface area contributed by atoms with Gasteiger partial charge in [0.15, 0.2) is 11.4 Å². The molecule has 0 saturated carbocycles. The van der Waals surface area contributed by atoms with Gasteiger partial charge in [-0.3, -0.25) is 0 Å². The summed E-state index contributed by atoms with van der Waals surface area (Å²) in [5.41, 5.74) is 27.3. The number of hydrogen-bond donors (Lipinski definition) is 0. The van der Waals surface area contributed by atoms with Crippen LogP contribution in [-0.4, -0.2) is 0 Å². The normalized spacial score (nSPS) is 14.0. The molecule has 6 nitrogen and oxygen atoms in total. The van der Waals surface area contributed by atoms with Crippen LogP contribution in [0.4, 0.5) is 45.5 Å². The molecule has 0 aromatic heterocycles. The van der Waals surface area contributed by atoms with E-state index in [2.05, 4.69) is 207 Å². The number of rotatable bonds is 10. The van der Waals surface area contributed by atoms with E-state index in [0.717, 1.165) is 45.3 Å². The molecule has 10 aromatic rings. The van der Waals surface area contributed by atoms with Gasteiger partial charge in [-0.2, -0.15) is 10.5 Å². The molecule has 0 spiro atoms. The Morgan fingerprint density at radius 1 is 0.313 bits per heavy atom. The Morgan fingerprint density at radius 2 is 0.542 bits per heavy atom. The van der Waals surface area contributed by atoms with Crippen LogP contribution in [0.2, 0.25) is 0 Å². The van der Waals surface area contributed by atoms with Crippen LogP contribution >= 0.6 is 0 Å². The van der Waals surface area contributed by atoms with Gasteiger partial charge in [0.2, 0.25) is 0 Å². The van der Waals surface area contributed by atoms with E-state index in [1.807, 2.05) is 97.1 Å². The molecular weight excluding hydrogens is 1010 g/mol. The number of fused-ring (bicyclic) bond motifs is 9. The number of anilines is 6. The molecule has 10 aromatic carbocycles. The second kappa shape index (κ2) is 19.8. The van der Waals surface area contributed by atoms with Gasteiger partial charge >= 0.3 is 0 Å². The van der Waals surface area contributed by atoms with E-state index in [0.29, 0.717) is 22.5 Å². The lowest BCUT2D eigenvalue weighted by molar-refractivity contribution is 0.660. The zero-order valence-corrected chi connectivity index (χ0v) is 47.1. The number of hydrogen-bond acceptors (Lipinski definition) is 4. The molecule has 0 radical (unpaired) electrons. The molecule has 13 rings (SSSR count). The zero-order chi connectivity index (χ0) is 57.4. The Morgan fingerprint density at radius 3 is 0.795 bits per heavy atom. The van der Waals surface area contributed by atoms with Crippen molar-refractivity contribution < 1.29 is 0 Å². The van der Waals surface area contributed by atoms with Crippen molar-refractivity contribution in [3.05, 3.63) is 296 Å². The van der Waals surface area contributed by atoms with Crippen LogP contribution in [0.5, 0.6) is 0 Å². The number of benzene rings is 10. The predicted molar refractivity (Wildman–Crippen MR) is 341 cm³/mol. The van der Waals surface area contributed by atoms with E-state index in [1.54, 1.807) is 0 Å². The topological polar surface area (TPSA) is 62.8 Å². The minimum atomic E-state index is -0.266. The van der Waals surface area contributed by atoms with Gasteiger partial charge in [-0.15, -0.1) is 0 Å². The Kier molecular flexibility index (Phi) is 12.3. The summed E-state index contributed by atoms with van der Waals surface area (Å²) in [5.74, 6) is 0. The van der Waals surface area contributed by atoms with Crippen molar-refractivity contribution in [1.82, 2.24) is 0 Å². The largest absolute Gasteiger partial charge is 0.311 e. The van der Waals surface area contributed by atoms with E-state index >= 15 is 0 Å². The summed E-state index contributed by atoms with van der Waals surface area (Å²) in [6, 6.07) is 76.1. The fourth-order valence-electron chi connectivity index (χ4n) is 13.0. The molecule has 0 bridgehead atoms. The first-order valence-electron chi connectivity index (χ1n) is 28.0. The summed E-state index contributed by atoms with van der Waals surface area (Å²) < 4.78 is 0. The second-order valence-electron chi connectivity index (χ2n) is 23.5. The van der Waals surface area contributed by atoms with E-state index in [9.17, 15) is 10.5 Å². The maximum atomic E-state index is 9.54. The van der Waals surface area contributed by atoms with Crippen LogP contribution in [0.15, 0.2) is 206 Å². The van der Waals surface area contributed by atoms with Gasteiger partial charge in [0, 0.05) is 50.4 Å². The maximum absolute atomic E-state index is 9.54. The van der Waals surface area contributed by atoms with Gasteiger partial charge in [0.25, 0.3) is 0 Å². The summed E-state index contributed by atoms with van der Waals surface area (Å²) in [7, 11) is 0. The summed E-state index contributed by atoms with van der Waals surface area (Å²) >= 11 is 0. The lowest BCUT2D eigenvalue weighted by Crippen LogP contribution is -2.16. The van der Waals surface area contributed by atoms with Crippen LogP contribution in [0.3, 0.4) is 0 Å². The third-order valence-corrected chi connectivity index (χ3v) is 17.5. The minimum absolute atomic E-state index is 0.198. The maximum Gasteiger partial charge on any atom is 0.187 e. The summed E-state index contributed by atoms with van der Waals surface area (Å²) in [6.45, 7) is 29.0. The third kappa shape index (κ3) is 8.78. The fourth-order valence-corrected chi connectivity index (χ4v) is 13.0. The van der Waals surface area contributed by atoms with Crippen molar-refractivity contribution in [2.75, 3.05) is 9.80 Å². The molecule has 0 amide bonds. The van der Waals surface area contributed by atoms with Crippen LogP contribution in [-0.2, 0) is 16.2 Å². The summed E-state index contributed by atoms with van der Waals surface area (Å²) in [5, 5.41) is 19.1. The standard InChI is InChI=1S/C77H56N6/c1-75(2)69-41-49(9-11-51-19-37-65-67-39-33-61(45-73(67)76(3,4)71(65)43-51)82(57-25-13-53(47-78)14-26-57)59-29-21-55(80-7)22-30-59)17-35-63(69)64-36-18-50(42-70(64)75)10-12-52-20-38-66-68-40-34-62(46-74(68)77(5,6)72(66)44-52)83(58-27-15-54(48-79)16-28-58)60-31-23-56(81-8)24-32-60/h9-46H,1-6H3/b11-9+,12-10+. The molecular formula is C77H56N6. The third-order valence-electron chi connectivity index (χ3n) is 17.5. The van der Waals surface area contributed by atoms with Crippen LogP contribution in [0, 0.1) is 35.8 Å². The van der Waals surface area contributed by atoms with Crippen LogP contribution < -0.4 is 9.80 Å². The van der Waals surface area contributed by atoms with Crippen molar-refractivity contribution in [2.24, 2.45) is 0 Å². The first kappa shape index (κ1) is 51.7. The molecule has 394 valence electrons. The fraction of sp³-hybridized carbons (Fsp3) is 0.117. The van der Waals surface area contributed by atoms with Crippen molar-refractivity contribution >= 4 is 69.8 Å². The van der Waals surface area contributed by atoms with E-state index < -0.39 is 0 Å². The molecule has 0 aliphatic heterocycles. The van der Waals surface area contributed by atoms with Gasteiger partial charge in [0.1, 0.15) is 0 Å². The van der Waals surface area contributed by atoms with E-state index in [4.69, 9.17) is 13.1 Å². The number of nitrogens with zero attached hydrogens (tertiary/aromatic N) is 6. The Labute approximate surface area is 486 Å². The average Bonchev–Trinajstić information content (AvgIpc) is 3.07. The van der Waals surface area contributed by atoms with Gasteiger partial charge in [0.05, 0.1) is 36.4 Å². The van der Waals surface area contributed by atoms with Crippen molar-refractivity contribution in [1.29, 1.82) is 10.5 Å². The van der Waals surface area contributed by atoms with Crippen LogP contribution in [0.25, 0.3) is 67.4 Å². The monoisotopic (exact) mass is 1060 g/mol. The predicted octanol–water partition coefficient (Wildman–Crippen LogP) is 20.7. The van der Waals surface area contributed by atoms with Gasteiger partial charge in [-0.05, 0) is 186 Å². The quantitative estimate of drug-likeness (QED) is 0.101. The molecule has 0 N–H and O–H groups in total. The molecule has 6 heteroatoms. The molecule has 0 atom stereocenters. The zero-order valence-electron chi connectivity index (χ0n) is 47.1. The highest BCUT2D eigenvalue weighted by atomic mass is 15.1. The SMILES string of the molecule is [C-]#[N+]c1ccc(N(c2ccc(C#N)cc2)c2ccc3c(c2)C(C)(C)c2cc(/C=C/c4ccc5c(c4)C(C)(C)c4cc(/C=C/c6ccc7c(c6)C(C)(C)c6cc(N(c8ccc(C#N)cc8)c8ccc([N+]#[C-])cc8)ccc6-7)ccc4-5)ccc2-3)cc1. The lowest BCUT2D eigenvalue weighted by Gasteiger charge is -2.28. The molecule has 3 aliphatic carbocycles. The smallest absolute Gasteiger partial charge is 0.187 e. The first-order valence-corrected chi connectivity index (χ1v) is 28.0.